The average Bonchev–Trinajstić information content (AvgIpc) is 2.88. The normalized spacial score (nSPS) is 24.1. The van der Waals surface area contributed by atoms with E-state index in [4.69, 9.17) is 11.2 Å². The highest BCUT2D eigenvalue weighted by Crippen LogP contribution is 2.37. The van der Waals surface area contributed by atoms with Crippen LogP contribution in [0.4, 0.5) is 0 Å². The molecule has 32 heavy (non-hydrogen) atoms. The van der Waals surface area contributed by atoms with Crippen molar-refractivity contribution in [2.45, 2.75) is 36.2 Å². The maximum absolute atomic E-state index is 13.8. The lowest BCUT2D eigenvalue weighted by molar-refractivity contribution is -0.134. The first-order chi connectivity index (χ1) is 15.5. The highest BCUT2D eigenvalue weighted by Gasteiger charge is 2.50. The maximum atomic E-state index is 13.8. The van der Waals surface area contributed by atoms with Crippen LogP contribution >= 0.6 is 0 Å². The van der Waals surface area contributed by atoms with Gasteiger partial charge in [0.15, 0.2) is 0 Å². The third-order valence-corrected chi connectivity index (χ3v) is 8.17. The fourth-order valence-corrected chi connectivity index (χ4v) is 6.63. The van der Waals surface area contributed by atoms with E-state index in [0.717, 1.165) is 12.0 Å². The molecule has 3 atom stereocenters. The van der Waals surface area contributed by atoms with Gasteiger partial charge < -0.3 is 9.64 Å². The summed E-state index contributed by atoms with van der Waals surface area (Å²) in [6.07, 6.45) is 8.80. The Hall–Kier alpha value is -2.73. The Kier molecular flexibility index (Phi) is 6.60. The van der Waals surface area contributed by atoms with Crippen LogP contribution < -0.4 is 0 Å². The SMILES string of the molecule is C#CCN1C[C@H](COC)[C@H]2CCC[C@@H](C1=O)N2S(=O)(=O)c1ccc(-c2ccccc2)nc1. The summed E-state index contributed by atoms with van der Waals surface area (Å²) in [5, 5.41) is 0. The van der Waals surface area contributed by atoms with E-state index >= 15 is 0 Å². The molecule has 1 amide bonds. The number of rotatable bonds is 6. The first kappa shape index (κ1) is 22.5. The molecule has 4 rings (SSSR count). The number of fused-ring (bicyclic) bond motifs is 2. The Morgan fingerprint density at radius 1 is 1.19 bits per heavy atom. The Labute approximate surface area is 189 Å². The summed E-state index contributed by atoms with van der Waals surface area (Å²) < 4.78 is 34.4. The first-order valence-electron chi connectivity index (χ1n) is 10.7. The molecule has 0 radical (unpaired) electrons. The molecule has 2 saturated heterocycles. The van der Waals surface area contributed by atoms with Gasteiger partial charge in [0.2, 0.25) is 15.9 Å². The van der Waals surface area contributed by atoms with Crippen molar-refractivity contribution in [3.63, 3.8) is 0 Å². The fourth-order valence-electron chi connectivity index (χ4n) is 4.80. The van der Waals surface area contributed by atoms with Gasteiger partial charge in [0, 0.05) is 37.4 Å². The van der Waals surface area contributed by atoms with E-state index < -0.39 is 16.1 Å². The molecule has 2 fully saturated rings. The van der Waals surface area contributed by atoms with Gasteiger partial charge in [-0.1, -0.05) is 36.3 Å². The van der Waals surface area contributed by atoms with Crippen LogP contribution in [0.25, 0.3) is 11.3 Å². The maximum Gasteiger partial charge on any atom is 0.245 e. The van der Waals surface area contributed by atoms with Gasteiger partial charge >= 0.3 is 0 Å². The predicted molar refractivity (Wildman–Crippen MR) is 121 cm³/mol. The number of terminal acetylenes is 1. The number of amides is 1. The van der Waals surface area contributed by atoms with E-state index in [9.17, 15) is 13.2 Å². The van der Waals surface area contributed by atoms with Crippen molar-refractivity contribution in [1.82, 2.24) is 14.2 Å². The predicted octanol–water partition coefficient (Wildman–Crippen LogP) is 2.40. The van der Waals surface area contributed by atoms with Crippen LogP contribution in [0.2, 0.25) is 0 Å². The second-order valence-electron chi connectivity index (χ2n) is 8.23. The molecule has 2 bridgehead atoms. The van der Waals surface area contributed by atoms with Crippen LogP contribution in [0.15, 0.2) is 53.6 Å². The number of ether oxygens (including phenoxy) is 1. The number of aromatic nitrogens is 1. The molecule has 0 N–H and O–H groups in total. The third kappa shape index (κ3) is 4.16. The molecule has 168 valence electrons. The average molecular weight is 454 g/mol. The van der Waals surface area contributed by atoms with Crippen molar-refractivity contribution in [3.05, 3.63) is 48.7 Å². The number of carbonyl (C=O) groups is 1. The number of piperidine rings is 1. The zero-order valence-electron chi connectivity index (χ0n) is 18.1. The van der Waals surface area contributed by atoms with Crippen LogP contribution in [0.1, 0.15) is 19.3 Å². The molecule has 2 aliphatic heterocycles. The lowest BCUT2D eigenvalue weighted by Gasteiger charge is -2.40. The van der Waals surface area contributed by atoms with Gasteiger partial charge in [0.05, 0.1) is 18.8 Å². The molecular formula is C24H27N3O4S. The topological polar surface area (TPSA) is 79.8 Å². The smallest absolute Gasteiger partial charge is 0.245 e. The van der Waals surface area contributed by atoms with Gasteiger partial charge in [-0.15, -0.1) is 6.42 Å². The number of methoxy groups -OCH3 is 1. The fraction of sp³-hybridized carbons (Fsp3) is 0.417. The van der Waals surface area contributed by atoms with E-state index in [1.54, 1.807) is 24.1 Å². The first-order valence-corrected chi connectivity index (χ1v) is 12.2. The molecule has 0 unspecified atom stereocenters. The number of carbonyl (C=O) groups excluding carboxylic acids is 1. The number of benzene rings is 1. The molecule has 2 aliphatic rings. The zero-order valence-corrected chi connectivity index (χ0v) is 18.9. The van der Waals surface area contributed by atoms with Gasteiger partial charge in [0.1, 0.15) is 10.9 Å². The van der Waals surface area contributed by atoms with Crippen molar-refractivity contribution in [3.8, 4) is 23.6 Å². The minimum absolute atomic E-state index is 0.0865. The summed E-state index contributed by atoms with van der Waals surface area (Å²) in [4.78, 5) is 19.4. The summed E-state index contributed by atoms with van der Waals surface area (Å²) in [7, 11) is -2.36. The largest absolute Gasteiger partial charge is 0.384 e. The number of nitrogens with zero attached hydrogens (tertiary/aromatic N) is 3. The van der Waals surface area contributed by atoms with Crippen molar-refractivity contribution < 1.29 is 17.9 Å². The molecular weight excluding hydrogens is 426 g/mol. The van der Waals surface area contributed by atoms with Crippen molar-refractivity contribution in [2.24, 2.45) is 5.92 Å². The minimum Gasteiger partial charge on any atom is -0.384 e. The second kappa shape index (κ2) is 9.41. The Balaban J connectivity index is 1.72. The summed E-state index contributed by atoms with van der Waals surface area (Å²) in [5.74, 6) is 2.14. The Bertz CT molecular complexity index is 1100. The minimum atomic E-state index is -3.95. The number of hydrogen-bond donors (Lipinski definition) is 0. The van der Waals surface area contributed by atoms with E-state index in [1.807, 2.05) is 30.3 Å². The summed E-state index contributed by atoms with van der Waals surface area (Å²) >= 11 is 0. The van der Waals surface area contributed by atoms with E-state index in [1.165, 1.54) is 10.5 Å². The van der Waals surface area contributed by atoms with Gasteiger partial charge in [-0.2, -0.15) is 4.31 Å². The van der Waals surface area contributed by atoms with Crippen molar-refractivity contribution >= 4 is 15.9 Å². The zero-order chi connectivity index (χ0) is 22.7. The quantitative estimate of drug-likeness (QED) is 0.628. The molecule has 7 nitrogen and oxygen atoms in total. The van der Waals surface area contributed by atoms with Gasteiger partial charge in [-0.3, -0.25) is 9.78 Å². The van der Waals surface area contributed by atoms with Crippen LogP contribution in [-0.2, 0) is 19.6 Å². The van der Waals surface area contributed by atoms with E-state index in [0.29, 0.717) is 31.7 Å². The third-order valence-electron chi connectivity index (χ3n) is 6.25. The van der Waals surface area contributed by atoms with Crippen LogP contribution in [0.3, 0.4) is 0 Å². The van der Waals surface area contributed by atoms with Crippen LogP contribution in [0.5, 0.6) is 0 Å². The number of sulfonamides is 1. The molecule has 2 aromatic rings. The van der Waals surface area contributed by atoms with Crippen molar-refractivity contribution in [2.75, 3.05) is 26.8 Å². The number of hydrogen-bond acceptors (Lipinski definition) is 5. The molecule has 3 heterocycles. The summed E-state index contributed by atoms with van der Waals surface area (Å²) in [6.45, 7) is 0.891. The van der Waals surface area contributed by atoms with Crippen LogP contribution in [0, 0.1) is 18.3 Å². The van der Waals surface area contributed by atoms with Gasteiger partial charge in [0.25, 0.3) is 0 Å². The standard InChI is InChI=1S/C24H27N3O4S/c1-3-14-26-16-19(17-31-2)22-10-7-11-23(24(26)28)27(22)32(29,30)20-12-13-21(25-15-20)18-8-5-4-6-9-18/h1,4-6,8-9,12-13,15,19,22-23H,7,10-11,14,16-17H2,2H3/t19-,22-,23+/m1/s1. The van der Waals surface area contributed by atoms with Crippen molar-refractivity contribution in [1.29, 1.82) is 0 Å². The van der Waals surface area contributed by atoms with E-state index in [-0.39, 0.29) is 29.3 Å². The Morgan fingerprint density at radius 3 is 2.62 bits per heavy atom. The highest BCUT2D eigenvalue weighted by atomic mass is 32.2. The summed E-state index contributed by atoms with van der Waals surface area (Å²) in [5.41, 5.74) is 1.59. The molecule has 0 aliphatic carbocycles. The van der Waals surface area contributed by atoms with E-state index in [2.05, 4.69) is 10.9 Å². The van der Waals surface area contributed by atoms with Crippen LogP contribution in [-0.4, -0.2) is 67.4 Å². The lowest BCUT2D eigenvalue weighted by Crippen LogP contribution is -2.55. The molecule has 1 aromatic heterocycles. The lowest BCUT2D eigenvalue weighted by atomic mass is 9.91. The Morgan fingerprint density at radius 2 is 1.97 bits per heavy atom. The monoisotopic (exact) mass is 453 g/mol. The molecule has 0 spiro atoms. The second-order valence-corrected chi connectivity index (χ2v) is 10.1. The molecule has 8 heteroatoms. The highest BCUT2D eigenvalue weighted by molar-refractivity contribution is 7.89. The van der Waals surface area contributed by atoms with Gasteiger partial charge in [-0.25, -0.2) is 8.42 Å². The molecule has 0 saturated carbocycles. The van der Waals surface area contributed by atoms with Gasteiger partial charge in [-0.05, 0) is 31.4 Å². The molecule has 1 aromatic carbocycles. The number of pyridine rings is 1. The summed E-state index contributed by atoms with van der Waals surface area (Å²) in [6, 6.07) is 11.7.